The van der Waals surface area contributed by atoms with Gasteiger partial charge < -0.3 is 4.90 Å². The minimum absolute atomic E-state index is 0.320. The fourth-order valence-electron chi connectivity index (χ4n) is 4.08. The molecule has 0 spiro atoms. The fraction of sp³-hybridized carbons (Fsp3) is 0.579. The quantitative estimate of drug-likeness (QED) is 0.854. The van der Waals surface area contributed by atoms with E-state index in [0.29, 0.717) is 23.9 Å². The molecular formula is C19H24N2O. The Hall–Kier alpha value is -1.82. The lowest BCUT2D eigenvalue weighted by Gasteiger charge is -2.44. The smallest absolute Gasteiger partial charge is 0.223 e. The first kappa shape index (κ1) is 15.1. The highest BCUT2D eigenvalue weighted by atomic mass is 16.2. The largest absolute Gasteiger partial charge is 0.339 e. The molecule has 0 radical (unpaired) electrons. The first-order chi connectivity index (χ1) is 10.8. The molecular weight excluding hydrogens is 272 g/mol. The number of hydrogen-bond donors (Lipinski definition) is 0. The van der Waals surface area contributed by atoms with Crippen molar-refractivity contribution < 1.29 is 4.79 Å². The Labute approximate surface area is 132 Å². The lowest BCUT2D eigenvalue weighted by atomic mass is 9.78. The van der Waals surface area contributed by atoms with Gasteiger partial charge in [-0.15, -0.1) is 0 Å². The van der Waals surface area contributed by atoms with E-state index in [0.717, 1.165) is 24.4 Å². The van der Waals surface area contributed by atoms with Crippen LogP contribution in [0.3, 0.4) is 0 Å². The van der Waals surface area contributed by atoms with Crippen molar-refractivity contribution in [1.82, 2.24) is 4.90 Å². The van der Waals surface area contributed by atoms with Gasteiger partial charge in [0.05, 0.1) is 11.6 Å². The van der Waals surface area contributed by atoms with Gasteiger partial charge in [-0.1, -0.05) is 25.0 Å². The third kappa shape index (κ3) is 3.32. The van der Waals surface area contributed by atoms with Crippen molar-refractivity contribution in [2.45, 2.75) is 57.4 Å². The monoisotopic (exact) mass is 296 g/mol. The zero-order valence-corrected chi connectivity index (χ0v) is 13.1. The van der Waals surface area contributed by atoms with Gasteiger partial charge in [0.1, 0.15) is 0 Å². The van der Waals surface area contributed by atoms with Gasteiger partial charge in [-0.05, 0) is 55.7 Å². The summed E-state index contributed by atoms with van der Waals surface area (Å²) in [5, 5.41) is 8.82. The summed E-state index contributed by atoms with van der Waals surface area (Å²) in [5.41, 5.74) is 1.82. The minimum atomic E-state index is 0.320. The van der Waals surface area contributed by atoms with Gasteiger partial charge in [-0.3, -0.25) is 4.79 Å². The molecule has 1 aromatic carbocycles. The summed E-state index contributed by atoms with van der Waals surface area (Å²) in [6.45, 7) is 0.952. The summed E-state index contributed by atoms with van der Waals surface area (Å²) in [6.07, 6.45) is 8.98. The lowest BCUT2D eigenvalue weighted by Crippen LogP contribution is -2.49. The van der Waals surface area contributed by atoms with Gasteiger partial charge in [0, 0.05) is 19.0 Å². The van der Waals surface area contributed by atoms with Crippen LogP contribution in [-0.2, 0) is 11.2 Å². The summed E-state index contributed by atoms with van der Waals surface area (Å²) < 4.78 is 0. The van der Waals surface area contributed by atoms with Crippen LogP contribution in [0.15, 0.2) is 24.3 Å². The van der Waals surface area contributed by atoms with Crippen LogP contribution in [0.25, 0.3) is 0 Å². The third-order valence-electron chi connectivity index (χ3n) is 5.27. The van der Waals surface area contributed by atoms with E-state index >= 15 is 0 Å². The average Bonchev–Trinajstić information content (AvgIpc) is 2.59. The van der Waals surface area contributed by atoms with Gasteiger partial charge >= 0.3 is 0 Å². The predicted octanol–water partition coefficient (Wildman–Crippen LogP) is 3.67. The van der Waals surface area contributed by atoms with Crippen LogP contribution in [-0.4, -0.2) is 23.4 Å². The molecule has 0 bridgehead atoms. The van der Waals surface area contributed by atoms with E-state index in [1.165, 1.54) is 38.5 Å². The maximum atomic E-state index is 12.6. The summed E-state index contributed by atoms with van der Waals surface area (Å²) in [4.78, 5) is 14.8. The summed E-state index contributed by atoms with van der Waals surface area (Å²) in [5.74, 6) is 1.07. The summed E-state index contributed by atoms with van der Waals surface area (Å²) in [7, 11) is 0. The van der Waals surface area contributed by atoms with E-state index in [1.54, 1.807) is 0 Å². The van der Waals surface area contributed by atoms with Crippen LogP contribution in [0.1, 0.15) is 56.1 Å². The van der Waals surface area contributed by atoms with Crippen LogP contribution >= 0.6 is 0 Å². The number of rotatable bonds is 3. The van der Waals surface area contributed by atoms with E-state index in [9.17, 15) is 4.79 Å². The molecule has 1 saturated heterocycles. The normalized spacial score (nSPS) is 24.4. The Bertz CT molecular complexity index is 556. The standard InChI is InChI=1S/C19H24N2O/c20-14-16-9-7-15(8-10-16)11-12-19(22)21-13-3-5-17-4-1-2-6-18(17)21/h7-10,17-18H,1-6,11-13H2. The highest BCUT2D eigenvalue weighted by molar-refractivity contribution is 5.77. The number of nitriles is 1. The van der Waals surface area contributed by atoms with Gasteiger partial charge in [0.15, 0.2) is 0 Å². The molecule has 116 valence electrons. The van der Waals surface area contributed by atoms with E-state index < -0.39 is 0 Å². The molecule has 1 heterocycles. The molecule has 1 amide bonds. The van der Waals surface area contributed by atoms with Gasteiger partial charge in [0.2, 0.25) is 5.91 Å². The van der Waals surface area contributed by atoms with Crippen molar-refractivity contribution >= 4 is 5.91 Å². The molecule has 3 heteroatoms. The summed E-state index contributed by atoms with van der Waals surface area (Å²) in [6, 6.07) is 10.2. The summed E-state index contributed by atoms with van der Waals surface area (Å²) >= 11 is 0. The zero-order chi connectivity index (χ0) is 15.4. The molecule has 1 saturated carbocycles. The molecule has 1 aliphatic heterocycles. The number of piperidine rings is 1. The molecule has 3 rings (SSSR count). The van der Waals surface area contributed by atoms with Gasteiger partial charge in [-0.2, -0.15) is 5.26 Å². The second-order valence-corrected chi connectivity index (χ2v) is 6.65. The Morgan fingerprint density at radius 3 is 2.64 bits per heavy atom. The number of carbonyl (C=O) groups excluding carboxylic acids is 1. The topological polar surface area (TPSA) is 44.1 Å². The number of nitrogens with zero attached hydrogens (tertiary/aromatic N) is 2. The molecule has 3 nitrogen and oxygen atoms in total. The van der Waals surface area contributed by atoms with E-state index in [1.807, 2.05) is 24.3 Å². The fourth-order valence-corrected chi connectivity index (χ4v) is 4.08. The second kappa shape index (κ2) is 6.96. The first-order valence-corrected chi connectivity index (χ1v) is 8.56. The van der Waals surface area contributed by atoms with Gasteiger partial charge in [-0.25, -0.2) is 0 Å². The van der Waals surface area contributed by atoms with E-state index in [4.69, 9.17) is 5.26 Å². The highest BCUT2D eigenvalue weighted by Gasteiger charge is 2.35. The molecule has 1 aromatic rings. The number of carbonyl (C=O) groups is 1. The lowest BCUT2D eigenvalue weighted by molar-refractivity contribution is -0.137. The predicted molar refractivity (Wildman–Crippen MR) is 86.2 cm³/mol. The van der Waals surface area contributed by atoms with Crippen molar-refractivity contribution in [1.29, 1.82) is 5.26 Å². The molecule has 2 fully saturated rings. The Morgan fingerprint density at radius 1 is 1.14 bits per heavy atom. The van der Waals surface area contributed by atoms with E-state index in [2.05, 4.69) is 11.0 Å². The van der Waals surface area contributed by atoms with Crippen LogP contribution < -0.4 is 0 Å². The average molecular weight is 296 g/mol. The number of fused-ring (bicyclic) bond motifs is 1. The number of aryl methyl sites for hydroxylation is 1. The van der Waals surface area contributed by atoms with Crippen LogP contribution in [0, 0.1) is 17.2 Å². The number of likely N-dealkylation sites (tertiary alicyclic amines) is 1. The third-order valence-corrected chi connectivity index (χ3v) is 5.27. The molecule has 2 aliphatic rings. The van der Waals surface area contributed by atoms with Crippen molar-refractivity contribution in [3.63, 3.8) is 0 Å². The molecule has 22 heavy (non-hydrogen) atoms. The van der Waals surface area contributed by atoms with Crippen LogP contribution in [0.2, 0.25) is 0 Å². The van der Waals surface area contributed by atoms with Crippen LogP contribution in [0.4, 0.5) is 0 Å². The Balaban J connectivity index is 1.57. The number of benzene rings is 1. The zero-order valence-electron chi connectivity index (χ0n) is 13.1. The second-order valence-electron chi connectivity index (χ2n) is 6.65. The number of hydrogen-bond acceptors (Lipinski definition) is 2. The number of amides is 1. The molecule has 0 aromatic heterocycles. The highest BCUT2D eigenvalue weighted by Crippen LogP contribution is 2.35. The van der Waals surface area contributed by atoms with Gasteiger partial charge in [0.25, 0.3) is 0 Å². The minimum Gasteiger partial charge on any atom is -0.339 e. The van der Waals surface area contributed by atoms with Crippen molar-refractivity contribution in [3.05, 3.63) is 35.4 Å². The molecule has 2 unspecified atom stereocenters. The molecule has 0 N–H and O–H groups in total. The maximum absolute atomic E-state index is 12.6. The SMILES string of the molecule is N#Cc1ccc(CCC(=O)N2CCCC3CCCCC32)cc1. The van der Waals surface area contributed by atoms with Crippen molar-refractivity contribution in [2.24, 2.45) is 5.92 Å². The maximum Gasteiger partial charge on any atom is 0.223 e. The van der Waals surface area contributed by atoms with Crippen molar-refractivity contribution in [2.75, 3.05) is 6.54 Å². The Morgan fingerprint density at radius 2 is 1.86 bits per heavy atom. The van der Waals surface area contributed by atoms with Crippen LogP contribution in [0.5, 0.6) is 0 Å². The molecule has 1 aliphatic carbocycles. The Kier molecular flexibility index (Phi) is 4.77. The van der Waals surface area contributed by atoms with Crippen molar-refractivity contribution in [3.8, 4) is 6.07 Å². The first-order valence-electron chi connectivity index (χ1n) is 8.56. The van der Waals surface area contributed by atoms with E-state index in [-0.39, 0.29) is 0 Å². The molecule has 2 atom stereocenters.